The summed E-state index contributed by atoms with van der Waals surface area (Å²) in [4.78, 5) is 18.0. The molecular weight excluding hydrogens is 262 g/mol. The third kappa shape index (κ3) is 3.86. The Morgan fingerprint density at radius 3 is 2.74 bits per heavy atom. The number of carbonyl (C=O) groups is 1. The van der Waals surface area contributed by atoms with Crippen molar-refractivity contribution < 1.29 is 4.79 Å². The molecule has 2 rings (SSSR count). The van der Waals surface area contributed by atoms with E-state index in [9.17, 15) is 4.79 Å². The summed E-state index contributed by atoms with van der Waals surface area (Å²) >= 11 is 1.32. The summed E-state index contributed by atoms with van der Waals surface area (Å²) < 4.78 is 0. The third-order valence-electron chi connectivity index (χ3n) is 3.73. The molecule has 7 heteroatoms. The van der Waals surface area contributed by atoms with Gasteiger partial charge in [-0.2, -0.15) is 4.98 Å². The minimum Gasteiger partial charge on any atom is -0.368 e. The number of anilines is 1. The molecule has 1 aromatic rings. The lowest BCUT2D eigenvalue weighted by Gasteiger charge is -2.33. The smallest absolute Gasteiger partial charge is 0.233 e. The number of nitrogens with zero attached hydrogens (tertiary/aromatic N) is 3. The van der Waals surface area contributed by atoms with Gasteiger partial charge in [-0.05, 0) is 31.6 Å². The highest BCUT2D eigenvalue weighted by Gasteiger charge is 2.24. The summed E-state index contributed by atoms with van der Waals surface area (Å²) in [7, 11) is 1.90. The Balaban J connectivity index is 1.79. The molecule has 1 aliphatic rings. The van der Waals surface area contributed by atoms with Gasteiger partial charge in [0.2, 0.25) is 17.0 Å². The van der Waals surface area contributed by atoms with Crippen LogP contribution >= 0.6 is 11.8 Å². The van der Waals surface area contributed by atoms with Crippen molar-refractivity contribution in [3.63, 3.8) is 0 Å². The van der Waals surface area contributed by atoms with Crippen molar-refractivity contribution in [1.82, 2.24) is 20.1 Å². The second-order valence-corrected chi connectivity index (χ2v) is 6.15. The third-order valence-corrected chi connectivity index (χ3v) is 4.57. The lowest BCUT2D eigenvalue weighted by Crippen LogP contribution is -2.40. The van der Waals surface area contributed by atoms with Crippen LogP contribution in [-0.4, -0.2) is 44.8 Å². The Morgan fingerprint density at radius 2 is 2.16 bits per heavy atom. The van der Waals surface area contributed by atoms with Crippen molar-refractivity contribution >= 4 is 23.6 Å². The molecule has 1 aromatic heterocycles. The first-order chi connectivity index (χ1) is 9.06. The van der Waals surface area contributed by atoms with Crippen LogP contribution in [0.1, 0.15) is 32.6 Å². The van der Waals surface area contributed by atoms with Crippen molar-refractivity contribution in [1.29, 1.82) is 0 Å². The molecule has 0 aromatic carbocycles. The van der Waals surface area contributed by atoms with Crippen molar-refractivity contribution in [2.75, 3.05) is 18.5 Å². The van der Waals surface area contributed by atoms with E-state index < -0.39 is 0 Å². The van der Waals surface area contributed by atoms with E-state index in [1.807, 2.05) is 11.9 Å². The summed E-state index contributed by atoms with van der Waals surface area (Å²) in [6.07, 6.45) is 4.66. The normalized spacial score (nSPS) is 23.3. The zero-order chi connectivity index (χ0) is 13.8. The fraction of sp³-hybridized carbons (Fsp3) is 0.750. The molecule has 0 bridgehead atoms. The molecule has 1 amide bonds. The molecule has 1 heterocycles. The molecule has 106 valence electrons. The Labute approximate surface area is 117 Å². The van der Waals surface area contributed by atoms with E-state index in [4.69, 9.17) is 5.73 Å². The molecule has 0 atom stereocenters. The Bertz CT molecular complexity index is 428. The first-order valence-corrected chi connectivity index (χ1v) is 7.61. The van der Waals surface area contributed by atoms with E-state index in [1.165, 1.54) is 24.6 Å². The van der Waals surface area contributed by atoms with Gasteiger partial charge in [-0.1, -0.05) is 18.7 Å². The second kappa shape index (κ2) is 6.27. The standard InChI is InChI=1S/C12H21N5OS/c1-8-3-5-9(6-4-8)17(2)10(18)7-19-12-14-11(13)15-16-12/h8-9H,3-7H2,1-2H3,(H3,13,14,15,16). The predicted molar refractivity (Wildman–Crippen MR) is 75.7 cm³/mol. The number of nitrogens with two attached hydrogens (primary N) is 1. The summed E-state index contributed by atoms with van der Waals surface area (Å²) in [5.74, 6) is 1.57. The highest BCUT2D eigenvalue weighted by molar-refractivity contribution is 7.99. The largest absolute Gasteiger partial charge is 0.368 e. The van der Waals surface area contributed by atoms with Crippen molar-refractivity contribution in [3.8, 4) is 0 Å². The topological polar surface area (TPSA) is 87.9 Å². The van der Waals surface area contributed by atoms with Gasteiger partial charge in [0.05, 0.1) is 5.75 Å². The zero-order valence-electron chi connectivity index (χ0n) is 11.4. The molecule has 3 N–H and O–H groups in total. The number of amides is 1. The van der Waals surface area contributed by atoms with Crippen molar-refractivity contribution in [3.05, 3.63) is 0 Å². The van der Waals surface area contributed by atoms with Crippen LogP contribution in [0.2, 0.25) is 0 Å². The summed E-state index contributed by atoms with van der Waals surface area (Å²) in [5, 5.41) is 6.99. The summed E-state index contributed by atoms with van der Waals surface area (Å²) in [5.41, 5.74) is 5.44. The first-order valence-electron chi connectivity index (χ1n) is 6.62. The fourth-order valence-corrected chi connectivity index (χ4v) is 3.11. The van der Waals surface area contributed by atoms with Gasteiger partial charge in [-0.25, -0.2) is 5.10 Å². The molecule has 1 aliphatic carbocycles. The summed E-state index contributed by atoms with van der Waals surface area (Å²) in [6, 6.07) is 0.390. The Kier molecular flexibility index (Phi) is 4.68. The number of nitrogens with one attached hydrogen (secondary N) is 1. The minimum absolute atomic E-state index is 0.132. The second-order valence-electron chi connectivity index (χ2n) is 5.21. The maximum absolute atomic E-state index is 12.1. The van der Waals surface area contributed by atoms with E-state index in [1.54, 1.807) is 0 Å². The summed E-state index contributed by atoms with van der Waals surface area (Å²) in [6.45, 7) is 2.28. The van der Waals surface area contributed by atoms with Crippen LogP contribution in [0.25, 0.3) is 0 Å². The van der Waals surface area contributed by atoms with Gasteiger partial charge < -0.3 is 10.6 Å². The molecule has 1 saturated carbocycles. The van der Waals surface area contributed by atoms with E-state index in [0.717, 1.165) is 18.8 Å². The van der Waals surface area contributed by atoms with Crippen LogP contribution in [0.15, 0.2) is 5.16 Å². The first kappa shape index (κ1) is 14.2. The Morgan fingerprint density at radius 1 is 1.47 bits per heavy atom. The number of nitrogen functional groups attached to an aromatic ring is 1. The van der Waals surface area contributed by atoms with Gasteiger partial charge in [0, 0.05) is 13.1 Å². The van der Waals surface area contributed by atoms with Gasteiger partial charge in [0.1, 0.15) is 0 Å². The van der Waals surface area contributed by atoms with Crippen LogP contribution in [0.5, 0.6) is 0 Å². The Hall–Kier alpha value is -1.24. The minimum atomic E-state index is 0.132. The van der Waals surface area contributed by atoms with E-state index in [0.29, 0.717) is 17.0 Å². The number of thioether (sulfide) groups is 1. The fourth-order valence-electron chi connectivity index (χ4n) is 2.38. The molecule has 0 unspecified atom stereocenters. The number of hydrogen-bond donors (Lipinski definition) is 2. The average molecular weight is 283 g/mol. The predicted octanol–water partition coefficient (Wildman–Crippen LogP) is 1.52. The van der Waals surface area contributed by atoms with Crippen LogP contribution in [0.3, 0.4) is 0 Å². The van der Waals surface area contributed by atoms with Crippen molar-refractivity contribution in [2.45, 2.75) is 43.8 Å². The van der Waals surface area contributed by atoms with Gasteiger partial charge in [0.15, 0.2) is 0 Å². The highest BCUT2D eigenvalue weighted by atomic mass is 32.2. The molecule has 19 heavy (non-hydrogen) atoms. The quantitative estimate of drug-likeness (QED) is 0.818. The van der Waals surface area contributed by atoms with Crippen LogP contribution in [0.4, 0.5) is 5.95 Å². The molecule has 0 radical (unpaired) electrons. The van der Waals surface area contributed by atoms with E-state index >= 15 is 0 Å². The maximum Gasteiger partial charge on any atom is 0.233 e. The van der Waals surface area contributed by atoms with Gasteiger partial charge >= 0.3 is 0 Å². The number of H-pyrrole nitrogens is 1. The number of carbonyl (C=O) groups excluding carboxylic acids is 1. The van der Waals surface area contributed by atoms with Crippen LogP contribution in [-0.2, 0) is 4.79 Å². The lowest BCUT2D eigenvalue weighted by molar-refractivity contribution is -0.129. The zero-order valence-corrected chi connectivity index (χ0v) is 12.2. The molecule has 1 fully saturated rings. The van der Waals surface area contributed by atoms with Crippen molar-refractivity contribution in [2.24, 2.45) is 5.92 Å². The average Bonchev–Trinajstić information content (AvgIpc) is 2.82. The lowest BCUT2D eigenvalue weighted by atomic mass is 9.87. The van der Waals surface area contributed by atoms with Gasteiger partial charge in [-0.3, -0.25) is 4.79 Å². The van der Waals surface area contributed by atoms with Gasteiger partial charge in [-0.15, -0.1) is 5.10 Å². The molecular formula is C12H21N5OS. The number of hydrogen-bond acceptors (Lipinski definition) is 5. The number of rotatable bonds is 4. The number of aromatic amines is 1. The van der Waals surface area contributed by atoms with Gasteiger partial charge in [0.25, 0.3) is 0 Å². The van der Waals surface area contributed by atoms with Crippen LogP contribution < -0.4 is 5.73 Å². The number of aromatic nitrogens is 3. The molecule has 0 saturated heterocycles. The molecule has 0 spiro atoms. The van der Waals surface area contributed by atoms with E-state index in [2.05, 4.69) is 22.1 Å². The molecule has 0 aliphatic heterocycles. The SMILES string of the molecule is CC1CCC(N(C)C(=O)CSc2n[nH]c(N)n2)CC1. The highest BCUT2D eigenvalue weighted by Crippen LogP contribution is 2.27. The maximum atomic E-state index is 12.1. The van der Waals surface area contributed by atoms with Crippen LogP contribution in [0, 0.1) is 5.92 Å². The monoisotopic (exact) mass is 283 g/mol. The molecule has 6 nitrogen and oxygen atoms in total. The van der Waals surface area contributed by atoms with E-state index in [-0.39, 0.29) is 11.9 Å².